The van der Waals surface area contributed by atoms with Crippen LogP contribution in [-0.4, -0.2) is 44.3 Å². The summed E-state index contributed by atoms with van der Waals surface area (Å²) in [5, 5.41) is 0. The molecule has 0 saturated carbocycles. The largest absolute Gasteiger partial charge is 0.465 e. The Bertz CT molecular complexity index is 469. The summed E-state index contributed by atoms with van der Waals surface area (Å²) < 4.78 is 9.37. The van der Waals surface area contributed by atoms with Crippen molar-refractivity contribution in [1.29, 1.82) is 0 Å². The van der Waals surface area contributed by atoms with Crippen LogP contribution in [-0.2, 0) is 9.47 Å². The lowest BCUT2D eigenvalue weighted by molar-refractivity contribution is 0.0600. The van der Waals surface area contributed by atoms with Crippen LogP contribution < -0.4 is 0 Å². The third-order valence-electron chi connectivity index (χ3n) is 3.42. The predicted molar refractivity (Wildman–Crippen MR) is 69.1 cm³/mol. The summed E-state index contributed by atoms with van der Waals surface area (Å²) in [6.07, 6.45) is 0.626. The second-order valence-electron chi connectivity index (χ2n) is 4.52. The molecule has 5 nitrogen and oxygen atoms in total. The fourth-order valence-electron chi connectivity index (χ4n) is 2.34. The first-order valence-electron chi connectivity index (χ1n) is 6.17. The molecule has 0 bridgehead atoms. The van der Waals surface area contributed by atoms with Gasteiger partial charge in [-0.05, 0) is 24.1 Å². The van der Waals surface area contributed by atoms with Crippen LogP contribution in [0, 0.1) is 0 Å². The number of esters is 1. The Hall–Kier alpha value is -2.04. The SMILES string of the molecule is COC(=O)c1ccc(C2CCN(C(=O)OC)C2)cc1. The van der Waals surface area contributed by atoms with Crippen LogP contribution in [0.25, 0.3) is 0 Å². The highest BCUT2D eigenvalue weighted by molar-refractivity contribution is 5.89. The Morgan fingerprint density at radius 3 is 2.42 bits per heavy atom. The topological polar surface area (TPSA) is 55.8 Å². The Labute approximate surface area is 112 Å². The van der Waals surface area contributed by atoms with Gasteiger partial charge in [0, 0.05) is 19.0 Å². The monoisotopic (exact) mass is 263 g/mol. The molecule has 1 fully saturated rings. The summed E-state index contributed by atoms with van der Waals surface area (Å²) in [6, 6.07) is 7.33. The van der Waals surface area contributed by atoms with Crippen molar-refractivity contribution >= 4 is 12.1 Å². The molecule has 1 aliphatic rings. The van der Waals surface area contributed by atoms with Gasteiger partial charge in [-0.25, -0.2) is 9.59 Å². The van der Waals surface area contributed by atoms with E-state index in [4.69, 9.17) is 4.74 Å². The molecule has 0 aromatic heterocycles. The number of likely N-dealkylation sites (tertiary alicyclic amines) is 1. The van der Waals surface area contributed by atoms with Crippen LogP contribution in [0.15, 0.2) is 24.3 Å². The van der Waals surface area contributed by atoms with Gasteiger partial charge in [0.1, 0.15) is 0 Å². The van der Waals surface area contributed by atoms with Gasteiger partial charge >= 0.3 is 12.1 Å². The molecule has 0 spiro atoms. The van der Waals surface area contributed by atoms with E-state index in [1.165, 1.54) is 14.2 Å². The van der Waals surface area contributed by atoms with Crippen molar-refractivity contribution in [2.75, 3.05) is 27.3 Å². The van der Waals surface area contributed by atoms with E-state index in [1.54, 1.807) is 17.0 Å². The van der Waals surface area contributed by atoms with Crippen molar-refractivity contribution in [3.05, 3.63) is 35.4 Å². The van der Waals surface area contributed by atoms with E-state index in [9.17, 15) is 9.59 Å². The zero-order chi connectivity index (χ0) is 13.8. The third kappa shape index (κ3) is 2.86. The number of carbonyl (C=O) groups is 2. The molecule has 1 atom stereocenters. The standard InChI is InChI=1S/C14H17NO4/c1-18-13(16)11-5-3-10(4-6-11)12-7-8-15(9-12)14(17)19-2/h3-6,12H,7-9H2,1-2H3. The number of ether oxygens (including phenoxy) is 2. The van der Waals surface area contributed by atoms with Crippen LogP contribution in [0.3, 0.4) is 0 Å². The zero-order valence-corrected chi connectivity index (χ0v) is 11.1. The minimum Gasteiger partial charge on any atom is -0.465 e. The molecular formula is C14H17NO4. The number of carbonyl (C=O) groups excluding carboxylic acids is 2. The van der Waals surface area contributed by atoms with Gasteiger partial charge in [-0.1, -0.05) is 12.1 Å². The zero-order valence-electron chi connectivity index (χ0n) is 11.1. The van der Waals surface area contributed by atoms with E-state index in [1.807, 2.05) is 12.1 Å². The number of nitrogens with zero attached hydrogens (tertiary/aromatic N) is 1. The molecule has 1 aliphatic heterocycles. The second kappa shape index (κ2) is 5.73. The Kier molecular flexibility index (Phi) is 4.04. The van der Waals surface area contributed by atoms with E-state index in [0.717, 1.165) is 12.0 Å². The van der Waals surface area contributed by atoms with Crippen molar-refractivity contribution in [1.82, 2.24) is 4.90 Å². The number of methoxy groups -OCH3 is 2. The number of hydrogen-bond acceptors (Lipinski definition) is 4. The Morgan fingerprint density at radius 1 is 1.16 bits per heavy atom. The molecule has 2 rings (SSSR count). The molecule has 0 aliphatic carbocycles. The van der Waals surface area contributed by atoms with Crippen LogP contribution in [0.1, 0.15) is 28.3 Å². The lowest BCUT2D eigenvalue weighted by Gasteiger charge is -2.14. The molecule has 1 unspecified atom stereocenters. The summed E-state index contributed by atoms with van der Waals surface area (Å²) in [5.41, 5.74) is 1.66. The van der Waals surface area contributed by atoms with Crippen molar-refractivity contribution < 1.29 is 19.1 Å². The molecule has 1 aromatic carbocycles. The molecule has 5 heteroatoms. The van der Waals surface area contributed by atoms with Crippen molar-refractivity contribution in [3.63, 3.8) is 0 Å². The second-order valence-corrected chi connectivity index (χ2v) is 4.52. The number of amides is 1. The van der Waals surface area contributed by atoms with Gasteiger partial charge < -0.3 is 14.4 Å². The van der Waals surface area contributed by atoms with E-state index in [0.29, 0.717) is 24.6 Å². The summed E-state index contributed by atoms with van der Waals surface area (Å²) in [4.78, 5) is 24.4. The molecule has 102 valence electrons. The van der Waals surface area contributed by atoms with Crippen LogP contribution in [0.5, 0.6) is 0 Å². The fraction of sp³-hybridized carbons (Fsp3) is 0.429. The van der Waals surface area contributed by atoms with Gasteiger partial charge in [0.25, 0.3) is 0 Å². The molecule has 19 heavy (non-hydrogen) atoms. The fourth-order valence-corrected chi connectivity index (χ4v) is 2.34. The van der Waals surface area contributed by atoms with Gasteiger partial charge in [-0.3, -0.25) is 0 Å². The van der Waals surface area contributed by atoms with E-state index in [-0.39, 0.29) is 12.1 Å². The molecule has 0 N–H and O–H groups in total. The summed E-state index contributed by atoms with van der Waals surface area (Å²) in [7, 11) is 2.75. The van der Waals surface area contributed by atoms with E-state index in [2.05, 4.69) is 4.74 Å². The first-order chi connectivity index (χ1) is 9.15. The summed E-state index contributed by atoms with van der Waals surface area (Å²) in [5.74, 6) is -0.0417. The average Bonchev–Trinajstić information content (AvgIpc) is 2.95. The maximum atomic E-state index is 11.4. The van der Waals surface area contributed by atoms with Gasteiger partial charge in [-0.15, -0.1) is 0 Å². The maximum absolute atomic E-state index is 11.4. The van der Waals surface area contributed by atoms with E-state index < -0.39 is 0 Å². The molecule has 1 amide bonds. The van der Waals surface area contributed by atoms with Crippen molar-refractivity contribution in [2.24, 2.45) is 0 Å². The Morgan fingerprint density at radius 2 is 1.84 bits per heavy atom. The van der Waals surface area contributed by atoms with Crippen LogP contribution in [0.2, 0.25) is 0 Å². The van der Waals surface area contributed by atoms with Gasteiger partial charge in [0.15, 0.2) is 0 Å². The lowest BCUT2D eigenvalue weighted by atomic mass is 9.97. The van der Waals surface area contributed by atoms with Crippen LogP contribution >= 0.6 is 0 Å². The van der Waals surface area contributed by atoms with Gasteiger partial charge in [0.2, 0.25) is 0 Å². The summed E-state index contributed by atoms with van der Waals surface area (Å²) in [6.45, 7) is 1.36. The van der Waals surface area contributed by atoms with Crippen molar-refractivity contribution in [3.8, 4) is 0 Å². The summed E-state index contributed by atoms with van der Waals surface area (Å²) >= 11 is 0. The minimum atomic E-state index is -0.339. The van der Waals surface area contributed by atoms with E-state index >= 15 is 0 Å². The predicted octanol–water partition coefficient (Wildman–Crippen LogP) is 2.03. The molecule has 1 saturated heterocycles. The maximum Gasteiger partial charge on any atom is 0.409 e. The van der Waals surface area contributed by atoms with Crippen molar-refractivity contribution in [2.45, 2.75) is 12.3 Å². The molecule has 1 aromatic rings. The number of rotatable bonds is 2. The van der Waals surface area contributed by atoms with Crippen LogP contribution in [0.4, 0.5) is 4.79 Å². The highest BCUT2D eigenvalue weighted by Crippen LogP contribution is 2.27. The van der Waals surface area contributed by atoms with Gasteiger partial charge in [0.05, 0.1) is 19.8 Å². The molecular weight excluding hydrogens is 246 g/mol. The third-order valence-corrected chi connectivity index (χ3v) is 3.42. The number of hydrogen-bond donors (Lipinski definition) is 0. The Balaban J connectivity index is 2.04. The average molecular weight is 263 g/mol. The molecule has 0 radical (unpaired) electrons. The minimum absolute atomic E-state index is 0.284. The highest BCUT2D eigenvalue weighted by atomic mass is 16.5. The lowest BCUT2D eigenvalue weighted by Crippen LogP contribution is -2.28. The smallest absolute Gasteiger partial charge is 0.409 e. The normalized spacial score (nSPS) is 18.2. The van der Waals surface area contributed by atoms with Gasteiger partial charge in [-0.2, -0.15) is 0 Å². The quantitative estimate of drug-likeness (QED) is 0.766. The highest BCUT2D eigenvalue weighted by Gasteiger charge is 2.27. The molecule has 1 heterocycles. The first-order valence-corrected chi connectivity index (χ1v) is 6.17. The number of benzene rings is 1. The first kappa shape index (κ1) is 13.4.